The van der Waals surface area contributed by atoms with Crippen LogP contribution >= 0.6 is 0 Å². The van der Waals surface area contributed by atoms with Crippen LogP contribution in [-0.4, -0.2) is 89.0 Å². The first-order chi connectivity index (χ1) is 28.4. The maximum absolute atomic E-state index is 11.7. The van der Waals surface area contributed by atoms with Crippen LogP contribution in [0.3, 0.4) is 0 Å². The van der Waals surface area contributed by atoms with Gasteiger partial charge in [-0.25, -0.2) is 9.59 Å². The number of esters is 1. The monoisotopic (exact) mass is 820 g/mol. The molecule has 2 aromatic carbocycles. The Morgan fingerprint density at radius 3 is 1.52 bits per heavy atom. The molecule has 9 rings (SSSR count). The van der Waals surface area contributed by atoms with E-state index in [1.165, 1.54) is 75.9 Å². The number of methoxy groups -OCH3 is 1. The zero-order valence-corrected chi connectivity index (χ0v) is 36.8. The van der Waals surface area contributed by atoms with E-state index in [1.54, 1.807) is 30.6 Å². The van der Waals surface area contributed by atoms with Crippen LogP contribution in [0.2, 0.25) is 0 Å². The van der Waals surface area contributed by atoms with Crippen LogP contribution in [0.15, 0.2) is 97.6 Å². The number of hydrogen-bond donors (Lipinski definition) is 1. The summed E-state index contributed by atoms with van der Waals surface area (Å²) >= 11 is 0. The predicted molar refractivity (Wildman–Crippen MR) is 230 cm³/mol. The summed E-state index contributed by atoms with van der Waals surface area (Å²) in [5.74, 6) is -1.27. The molecule has 0 saturated carbocycles. The Morgan fingerprint density at radius 1 is 0.617 bits per heavy atom. The van der Waals surface area contributed by atoms with Crippen LogP contribution in [0.25, 0.3) is 21.8 Å². The van der Waals surface area contributed by atoms with E-state index in [-0.39, 0.29) is 46.6 Å². The molecule has 3 aliphatic rings. The molecule has 60 heavy (non-hydrogen) atoms. The molecule has 0 bridgehead atoms. The maximum atomic E-state index is 11.7. The quantitative estimate of drug-likeness (QED) is 0.151. The molecule has 3 fully saturated rings. The van der Waals surface area contributed by atoms with Gasteiger partial charge in [0, 0.05) is 86.8 Å². The second-order valence-corrected chi connectivity index (χ2v) is 15.1. The number of rotatable bonds is 8. The molecule has 0 amide bonds. The van der Waals surface area contributed by atoms with Gasteiger partial charge in [-0.1, -0.05) is 12.1 Å². The summed E-state index contributed by atoms with van der Waals surface area (Å²) in [6, 6.07) is 23.5. The third-order valence-electron chi connectivity index (χ3n) is 10.8. The number of carbonyl (C=O) groups is 2. The van der Waals surface area contributed by atoms with Crippen LogP contribution < -0.4 is 39.4 Å². The number of fused-ring (bicyclic) bond motifs is 2. The summed E-state index contributed by atoms with van der Waals surface area (Å²) < 4.78 is 9.73. The fraction of sp³-hybridized carbons (Fsp3) is 0.362. The molecule has 0 atom stereocenters. The Balaban J connectivity index is 0.000000198. The number of carbonyl (C=O) groups excluding carboxylic acids is 1. The van der Waals surface area contributed by atoms with Gasteiger partial charge in [0.15, 0.2) is 0 Å². The van der Waals surface area contributed by atoms with E-state index in [0.717, 1.165) is 83.7 Å². The average Bonchev–Trinajstić information content (AvgIpc) is 3.88. The maximum Gasteiger partial charge on any atom is 1.00 e. The molecule has 7 heterocycles. The Labute approximate surface area is 374 Å². The second kappa shape index (κ2) is 23.1. The van der Waals surface area contributed by atoms with Gasteiger partial charge in [0.2, 0.25) is 0 Å². The smallest absolute Gasteiger partial charge is 0.870 e. The Bertz CT molecular complexity index is 2320. The van der Waals surface area contributed by atoms with Crippen molar-refractivity contribution in [1.29, 1.82) is 0 Å². The Morgan fingerprint density at radius 2 is 1.08 bits per heavy atom. The molecule has 3 saturated heterocycles. The molecule has 0 radical (unpaired) electrons. The topological polar surface area (TPSA) is 161 Å². The van der Waals surface area contributed by atoms with E-state index in [0.29, 0.717) is 18.4 Å². The fourth-order valence-electron chi connectivity index (χ4n) is 7.67. The molecular weight excluding hydrogens is 768 g/mol. The first kappa shape index (κ1) is 46.1. The number of carboxylic acids is 1. The van der Waals surface area contributed by atoms with Gasteiger partial charge in [-0.05, 0) is 123 Å². The van der Waals surface area contributed by atoms with Gasteiger partial charge >= 0.3 is 41.5 Å². The summed E-state index contributed by atoms with van der Waals surface area (Å²) in [5.41, 5.74) is 8.99. The van der Waals surface area contributed by atoms with E-state index >= 15 is 0 Å². The number of carboxylic acid groups (broad SMARTS) is 1. The number of benzene rings is 2. The summed E-state index contributed by atoms with van der Waals surface area (Å²) in [6.07, 6.45) is 18.6. The molecular formula is C47H53N6NaO6. The fourth-order valence-corrected chi connectivity index (χ4v) is 7.67. The zero-order valence-electron chi connectivity index (χ0n) is 34.8. The third-order valence-corrected chi connectivity index (χ3v) is 10.8. The number of aromatic carboxylic acids is 1. The van der Waals surface area contributed by atoms with Gasteiger partial charge in [-0.3, -0.25) is 19.9 Å². The first-order valence-electron chi connectivity index (χ1n) is 20.5. The molecule has 0 unspecified atom stereocenters. The first-order valence-corrected chi connectivity index (χ1v) is 20.5. The van der Waals surface area contributed by atoms with Crippen molar-refractivity contribution in [3.8, 4) is 0 Å². The molecule has 4 aromatic heterocycles. The Hall–Kier alpha value is -4.98. The van der Waals surface area contributed by atoms with Crippen molar-refractivity contribution >= 4 is 45.1 Å². The van der Waals surface area contributed by atoms with Gasteiger partial charge in [-0.2, -0.15) is 0 Å². The van der Waals surface area contributed by atoms with Crippen LogP contribution in [0, 0.1) is 0 Å². The standard InChI is InChI=1S/C22H23N3O2.C21H21N3O2.C4H8O.Na.H2O/c1-27-22(26)17-7-8-23-19(13-17)12-16-5-6-21-18(11-16)14-20(15-24-21)25-9-3-2-4-10-25;25-21(26)16-6-7-22-18(12-16)11-15-4-5-20-17(10-15)13-19(14-23-20)24-8-2-1-3-9-24;1-2-4-5-3-1;;/h5-8,11,13-15H,2-4,9-10,12H2,1H3;4-7,10,12-14H,1-3,8-9,11H2,(H,25,26);1-4H2;;1H2/q;;;+1;/p-1. The third kappa shape index (κ3) is 12.8. The molecule has 13 heteroatoms. The number of hydrogen-bond acceptors (Lipinski definition) is 11. The summed E-state index contributed by atoms with van der Waals surface area (Å²) in [6.45, 7) is 6.41. The van der Waals surface area contributed by atoms with Crippen molar-refractivity contribution < 1.29 is 59.2 Å². The van der Waals surface area contributed by atoms with Crippen LogP contribution in [0.5, 0.6) is 0 Å². The van der Waals surface area contributed by atoms with E-state index in [1.807, 2.05) is 24.5 Å². The van der Waals surface area contributed by atoms with Gasteiger partial charge in [0.25, 0.3) is 0 Å². The number of pyridine rings is 4. The van der Waals surface area contributed by atoms with E-state index in [4.69, 9.17) is 14.6 Å². The largest absolute Gasteiger partial charge is 1.00 e. The number of ether oxygens (including phenoxy) is 2. The second-order valence-electron chi connectivity index (χ2n) is 15.1. The summed E-state index contributed by atoms with van der Waals surface area (Å²) in [4.78, 5) is 45.6. The minimum Gasteiger partial charge on any atom is -0.870 e. The van der Waals surface area contributed by atoms with Gasteiger partial charge in [0.05, 0.1) is 53.0 Å². The summed E-state index contributed by atoms with van der Waals surface area (Å²) in [7, 11) is 1.39. The van der Waals surface area contributed by atoms with Gasteiger partial charge in [0.1, 0.15) is 0 Å². The molecule has 0 spiro atoms. The molecule has 2 N–H and O–H groups in total. The minimum absolute atomic E-state index is 0. The van der Waals surface area contributed by atoms with Crippen molar-refractivity contribution in [3.05, 3.63) is 131 Å². The van der Waals surface area contributed by atoms with E-state index in [2.05, 4.69) is 66.1 Å². The number of piperidine rings is 2. The average molecular weight is 821 g/mol. The number of anilines is 2. The molecule has 3 aliphatic heterocycles. The van der Waals surface area contributed by atoms with E-state index < -0.39 is 5.97 Å². The van der Waals surface area contributed by atoms with Crippen LogP contribution in [0.1, 0.15) is 94.6 Å². The molecule has 6 aromatic rings. The predicted octanol–water partition coefficient (Wildman–Crippen LogP) is 5.53. The zero-order chi connectivity index (χ0) is 40.1. The molecule has 0 aliphatic carbocycles. The SMILES string of the molecule is C1CCOC1.COC(=O)c1ccnc(Cc2ccc3ncc(N4CCCCC4)cc3c2)c1.O=C(O)c1ccnc(Cc2ccc3ncc(N4CCCCC4)cc3c2)c1.[Na+].[OH-]. The minimum atomic E-state index is -0.928. The van der Waals surface area contributed by atoms with Crippen molar-refractivity contribution in [1.82, 2.24) is 19.9 Å². The van der Waals surface area contributed by atoms with E-state index in [9.17, 15) is 9.59 Å². The van der Waals surface area contributed by atoms with Gasteiger partial charge in [-0.15, -0.1) is 0 Å². The summed E-state index contributed by atoms with van der Waals surface area (Å²) in [5, 5.41) is 11.4. The number of aromatic nitrogens is 4. The van der Waals surface area contributed by atoms with Gasteiger partial charge < -0.3 is 29.9 Å². The van der Waals surface area contributed by atoms with Crippen molar-refractivity contribution in [2.45, 2.75) is 64.2 Å². The Kier molecular flexibility index (Phi) is 17.8. The molecule has 308 valence electrons. The molecule has 12 nitrogen and oxygen atoms in total. The van der Waals surface area contributed by atoms with Crippen LogP contribution in [-0.2, 0) is 22.3 Å². The van der Waals surface area contributed by atoms with Crippen LogP contribution in [0.4, 0.5) is 11.4 Å². The normalized spacial score (nSPS) is 14.8. The van der Waals surface area contributed by atoms with Crippen molar-refractivity contribution in [2.24, 2.45) is 0 Å². The van der Waals surface area contributed by atoms with Crippen molar-refractivity contribution in [2.75, 3.05) is 56.3 Å². The van der Waals surface area contributed by atoms with Crippen molar-refractivity contribution in [3.63, 3.8) is 0 Å². The number of nitrogens with zero attached hydrogens (tertiary/aromatic N) is 6.